The van der Waals surface area contributed by atoms with Crippen LogP contribution in [-0.4, -0.2) is 42.0 Å². The Morgan fingerprint density at radius 2 is 2.00 bits per heavy atom. The quantitative estimate of drug-likeness (QED) is 0.676. The maximum absolute atomic E-state index is 11.9. The van der Waals surface area contributed by atoms with E-state index >= 15 is 0 Å². The number of nitrogens with zero attached hydrogens (tertiary/aromatic N) is 1. The molecule has 3 N–H and O–H groups in total. The van der Waals surface area contributed by atoms with E-state index in [0.717, 1.165) is 19.4 Å². The highest BCUT2D eigenvalue weighted by atomic mass is 16.2. The normalized spacial score (nSPS) is 13.8. The number of carbonyl (C=O) groups is 1. The predicted octanol–water partition coefficient (Wildman–Crippen LogP) is 1.35. The molecule has 0 heterocycles. The smallest absolute Gasteiger partial charge is 0.234 e. The second kappa shape index (κ2) is 7.67. The maximum Gasteiger partial charge on any atom is 0.234 e. The summed E-state index contributed by atoms with van der Waals surface area (Å²) < 4.78 is 0. The molecule has 0 bridgehead atoms. The molecule has 0 radical (unpaired) electrons. The minimum atomic E-state index is -0.122. The van der Waals surface area contributed by atoms with Crippen LogP contribution >= 0.6 is 0 Å². The minimum Gasteiger partial charge on any atom is -0.353 e. The maximum atomic E-state index is 11.9. The van der Waals surface area contributed by atoms with Gasteiger partial charge in [-0.3, -0.25) is 9.69 Å². The monoisotopic (exact) mass is 243 g/mol. The zero-order valence-electron chi connectivity index (χ0n) is 12.0. The van der Waals surface area contributed by atoms with E-state index in [0.29, 0.717) is 13.1 Å². The minimum absolute atomic E-state index is 0.0920. The van der Waals surface area contributed by atoms with Crippen LogP contribution in [0.15, 0.2) is 0 Å². The third-order valence-electron chi connectivity index (χ3n) is 3.20. The number of nitrogens with one attached hydrogen (secondary N) is 1. The molecule has 0 saturated carbocycles. The molecule has 4 nitrogen and oxygen atoms in total. The van der Waals surface area contributed by atoms with E-state index in [-0.39, 0.29) is 17.5 Å². The summed E-state index contributed by atoms with van der Waals surface area (Å²) in [5.74, 6) is 0.0920. The molecule has 0 aliphatic carbocycles. The van der Waals surface area contributed by atoms with Gasteiger partial charge in [-0.2, -0.15) is 0 Å². The fourth-order valence-electron chi connectivity index (χ4n) is 1.59. The van der Waals surface area contributed by atoms with Gasteiger partial charge in [0, 0.05) is 18.1 Å². The van der Waals surface area contributed by atoms with E-state index in [1.54, 1.807) is 0 Å². The van der Waals surface area contributed by atoms with Gasteiger partial charge in [-0.15, -0.1) is 0 Å². The second-order valence-corrected chi connectivity index (χ2v) is 5.31. The standard InChI is InChI=1S/C13H29N3O/c1-6-8-16(13(4,5)10-14)9-12(17)15-11(3)7-2/h11H,6-10,14H2,1-5H3,(H,15,17). The first-order valence-corrected chi connectivity index (χ1v) is 6.61. The molecular formula is C13H29N3O. The van der Waals surface area contributed by atoms with Crippen LogP contribution in [0, 0.1) is 0 Å². The van der Waals surface area contributed by atoms with E-state index in [1.165, 1.54) is 0 Å². The lowest BCUT2D eigenvalue weighted by Gasteiger charge is -2.37. The molecule has 0 aliphatic rings. The van der Waals surface area contributed by atoms with Crippen LogP contribution in [0.2, 0.25) is 0 Å². The van der Waals surface area contributed by atoms with Gasteiger partial charge in [0.05, 0.1) is 6.54 Å². The molecule has 0 aromatic heterocycles. The fraction of sp³-hybridized carbons (Fsp3) is 0.923. The largest absolute Gasteiger partial charge is 0.353 e. The van der Waals surface area contributed by atoms with Gasteiger partial charge in [0.2, 0.25) is 5.91 Å². The summed E-state index contributed by atoms with van der Waals surface area (Å²) in [7, 11) is 0. The zero-order chi connectivity index (χ0) is 13.5. The Balaban J connectivity index is 4.39. The van der Waals surface area contributed by atoms with Gasteiger partial charge in [0.1, 0.15) is 0 Å². The van der Waals surface area contributed by atoms with Crippen LogP contribution in [0.25, 0.3) is 0 Å². The number of hydrogen-bond acceptors (Lipinski definition) is 3. The van der Waals surface area contributed by atoms with Gasteiger partial charge < -0.3 is 11.1 Å². The van der Waals surface area contributed by atoms with Crippen LogP contribution in [0.5, 0.6) is 0 Å². The first-order chi connectivity index (χ1) is 7.87. The van der Waals surface area contributed by atoms with Crippen LogP contribution in [0.4, 0.5) is 0 Å². The van der Waals surface area contributed by atoms with Crippen molar-refractivity contribution < 1.29 is 4.79 Å². The van der Waals surface area contributed by atoms with Crippen LogP contribution in [-0.2, 0) is 4.79 Å². The Bertz CT molecular complexity index is 229. The lowest BCUT2D eigenvalue weighted by molar-refractivity contribution is -0.124. The summed E-state index contributed by atoms with van der Waals surface area (Å²) in [5, 5.41) is 2.99. The van der Waals surface area contributed by atoms with Crippen LogP contribution in [0.1, 0.15) is 47.5 Å². The van der Waals surface area contributed by atoms with Crippen molar-refractivity contribution in [2.75, 3.05) is 19.6 Å². The summed E-state index contributed by atoms with van der Waals surface area (Å²) in [6.45, 7) is 12.3. The van der Waals surface area contributed by atoms with E-state index < -0.39 is 0 Å². The average molecular weight is 243 g/mol. The zero-order valence-corrected chi connectivity index (χ0v) is 12.0. The summed E-state index contributed by atoms with van der Waals surface area (Å²) in [6.07, 6.45) is 1.99. The van der Waals surface area contributed by atoms with Gasteiger partial charge >= 0.3 is 0 Å². The molecule has 1 atom stereocenters. The summed E-state index contributed by atoms with van der Waals surface area (Å²) in [5.41, 5.74) is 5.65. The molecule has 0 aromatic carbocycles. The molecule has 0 saturated heterocycles. The van der Waals surface area contributed by atoms with E-state index in [1.807, 2.05) is 6.92 Å². The van der Waals surface area contributed by atoms with Crippen molar-refractivity contribution in [1.82, 2.24) is 10.2 Å². The van der Waals surface area contributed by atoms with Gasteiger partial charge in [-0.25, -0.2) is 0 Å². The lowest BCUT2D eigenvalue weighted by atomic mass is 10.0. The Morgan fingerprint density at radius 1 is 1.41 bits per heavy atom. The molecule has 1 amide bonds. The number of carbonyl (C=O) groups excluding carboxylic acids is 1. The third kappa shape index (κ3) is 6.03. The molecule has 0 rings (SSSR count). The molecule has 0 aromatic rings. The van der Waals surface area contributed by atoms with Crippen molar-refractivity contribution in [3.05, 3.63) is 0 Å². The van der Waals surface area contributed by atoms with E-state index in [4.69, 9.17) is 5.73 Å². The Hall–Kier alpha value is -0.610. The van der Waals surface area contributed by atoms with E-state index in [9.17, 15) is 4.79 Å². The highest BCUT2D eigenvalue weighted by Crippen LogP contribution is 2.12. The molecule has 0 aliphatic heterocycles. The number of hydrogen-bond donors (Lipinski definition) is 2. The SMILES string of the molecule is CCCN(CC(=O)NC(C)CC)C(C)(C)CN. The van der Waals surface area contributed by atoms with Crippen molar-refractivity contribution in [1.29, 1.82) is 0 Å². The number of nitrogens with two attached hydrogens (primary N) is 1. The van der Waals surface area contributed by atoms with Crippen molar-refractivity contribution in [2.24, 2.45) is 5.73 Å². The predicted molar refractivity (Wildman–Crippen MR) is 72.9 cm³/mol. The Morgan fingerprint density at radius 3 is 2.41 bits per heavy atom. The Kier molecular flexibility index (Phi) is 7.39. The van der Waals surface area contributed by atoms with E-state index in [2.05, 4.69) is 37.9 Å². The molecule has 17 heavy (non-hydrogen) atoms. The van der Waals surface area contributed by atoms with Crippen molar-refractivity contribution in [3.63, 3.8) is 0 Å². The van der Waals surface area contributed by atoms with Gasteiger partial charge in [-0.05, 0) is 40.2 Å². The molecule has 0 spiro atoms. The average Bonchev–Trinajstić information content (AvgIpc) is 2.28. The third-order valence-corrected chi connectivity index (χ3v) is 3.20. The molecule has 102 valence electrons. The highest BCUT2D eigenvalue weighted by Gasteiger charge is 2.26. The number of amides is 1. The summed E-state index contributed by atoms with van der Waals surface area (Å²) in [4.78, 5) is 14.0. The van der Waals surface area contributed by atoms with Crippen molar-refractivity contribution >= 4 is 5.91 Å². The van der Waals surface area contributed by atoms with Crippen molar-refractivity contribution in [2.45, 2.75) is 59.0 Å². The first-order valence-electron chi connectivity index (χ1n) is 6.61. The fourth-order valence-corrected chi connectivity index (χ4v) is 1.59. The second-order valence-electron chi connectivity index (χ2n) is 5.31. The van der Waals surface area contributed by atoms with Crippen LogP contribution in [0.3, 0.4) is 0 Å². The van der Waals surface area contributed by atoms with Gasteiger partial charge in [0.25, 0.3) is 0 Å². The molecular weight excluding hydrogens is 214 g/mol. The topological polar surface area (TPSA) is 58.4 Å². The van der Waals surface area contributed by atoms with Gasteiger partial charge in [-0.1, -0.05) is 13.8 Å². The number of rotatable bonds is 8. The van der Waals surface area contributed by atoms with Crippen LogP contribution < -0.4 is 11.1 Å². The van der Waals surface area contributed by atoms with Gasteiger partial charge in [0.15, 0.2) is 0 Å². The Labute approximate surface area is 106 Å². The molecule has 0 fully saturated rings. The summed E-state index contributed by atoms with van der Waals surface area (Å²) in [6, 6.07) is 0.243. The van der Waals surface area contributed by atoms with Crippen molar-refractivity contribution in [3.8, 4) is 0 Å². The highest BCUT2D eigenvalue weighted by molar-refractivity contribution is 5.78. The first kappa shape index (κ1) is 16.4. The molecule has 4 heteroatoms. The lowest BCUT2D eigenvalue weighted by Crippen LogP contribution is -2.53. The summed E-state index contributed by atoms with van der Waals surface area (Å²) >= 11 is 0. The molecule has 1 unspecified atom stereocenters.